The van der Waals surface area contributed by atoms with E-state index in [2.05, 4.69) is 4.98 Å². The SMILES string of the molecule is O=C(c1c[nH]c2c(Cl)cccc12)C1CCCCCCC1. The average molecular weight is 290 g/mol. The van der Waals surface area contributed by atoms with Gasteiger partial charge in [0.25, 0.3) is 0 Å². The average Bonchev–Trinajstić information content (AvgIpc) is 2.83. The number of Topliss-reactive ketones (excluding diaryl/α,β-unsaturated/α-hetero) is 1. The number of aromatic nitrogens is 1. The third kappa shape index (κ3) is 2.62. The van der Waals surface area contributed by atoms with Crippen LogP contribution in [0.4, 0.5) is 0 Å². The first-order chi connectivity index (χ1) is 9.77. The van der Waals surface area contributed by atoms with Crippen LogP contribution in [0, 0.1) is 5.92 Å². The maximum atomic E-state index is 12.8. The van der Waals surface area contributed by atoms with Gasteiger partial charge in [-0.15, -0.1) is 0 Å². The van der Waals surface area contributed by atoms with Crippen molar-refractivity contribution in [2.45, 2.75) is 44.9 Å². The molecule has 0 radical (unpaired) electrons. The highest BCUT2D eigenvalue weighted by Crippen LogP contribution is 2.30. The molecule has 0 amide bonds. The normalized spacial score (nSPS) is 17.9. The van der Waals surface area contributed by atoms with Gasteiger partial charge in [-0.3, -0.25) is 4.79 Å². The molecule has 1 aromatic heterocycles. The van der Waals surface area contributed by atoms with Crippen molar-refractivity contribution in [3.05, 3.63) is 35.0 Å². The number of H-pyrrole nitrogens is 1. The number of benzene rings is 1. The minimum Gasteiger partial charge on any atom is -0.359 e. The van der Waals surface area contributed by atoms with Crippen molar-refractivity contribution in [2.24, 2.45) is 5.92 Å². The van der Waals surface area contributed by atoms with E-state index in [9.17, 15) is 4.79 Å². The molecular formula is C17H20ClNO. The van der Waals surface area contributed by atoms with Crippen LogP contribution in [0.5, 0.6) is 0 Å². The van der Waals surface area contributed by atoms with Crippen molar-refractivity contribution in [1.29, 1.82) is 0 Å². The number of nitrogens with one attached hydrogen (secondary N) is 1. The summed E-state index contributed by atoms with van der Waals surface area (Å²) in [6.07, 6.45) is 10.1. The van der Waals surface area contributed by atoms with Gasteiger partial charge in [0.15, 0.2) is 5.78 Å². The van der Waals surface area contributed by atoms with Gasteiger partial charge in [0.1, 0.15) is 0 Å². The molecule has 2 aromatic rings. The number of ketones is 1. The van der Waals surface area contributed by atoms with E-state index in [1.54, 1.807) is 0 Å². The molecule has 20 heavy (non-hydrogen) atoms. The van der Waals surface area contributed by atoms with Crippen LogP contribution in [0.2, 0.25) is 5.02 Å². The highest BCUT2D eigenvalue weighted by Gasteiger charge is 2.23. The summed E-state index contributed by atoms with van der Waals surface area (Å²) in [6, 6.07) is 5.74. The highest BCUT2D eigenvalue weighted by molar-refractivity contribution is 6.35. The molecule has 0 atom stereocenters. The van der Waals surface area contributed by atoms with Crippen LogP contribution >= 0.6 is 11.6 Å². The summed E-state index contributed by atoms with van der Waals surface area (Å²) in [5, 5.41) is 1.64. The number of carbonyl (C=O) groups is 1. The van der Waals surface area contributed by atoms with Crippen LogP contribution < -0.4 is 0 Å². The summed E-state index contributed by atoms with van der Waals surface area (Å²) in [4.78, 5) is 15.9. The Bertz CT molecular complexity index is 608. The second kappa shape index (κ2) is 6.01. The first-order valence-corrected chi connectivity index (χ1v) is 7.95. The van der Waals surface area contributed by atoms with Gasteiger partial charge in [-0.05, 0) is 18.9 Å². The van der Waals surface area contributed by atoms with E-state index in [-0.39, 0.29) is 5.92 Å². The van der Waals surface area contributed by atoms with Crippen LogP contribution in [0.15, 0.2) is 24.4 Å². The predicted molar refractivity (Wildman–Crippen MR) is 83.4 cm³/mol. The van der Waals surface area contributed by atoms with Crippen LogP contribution in [-0.2, 0) is 0 Å². The number of fused-ring (bicyclic) bond motifs is 1. The molecule has 1 aromatic carbocycles. The number of halogens is 1. The Morgan fingerprint density at radius 3 is 2.55 bits per heavy atom. The third-order valence-corrected chi connectivity index (χ3v) is 4.72. The van der Waals surface area contributed by atoms with Gasteiger partial charge in [-0.25, -0.2) is 0 Å². The van der Waals surface area contributed by atoms with Gasteiger partial charge in [0.2, 0.25) is 0 Å². The Balaban J connectivity index is 1.89. The van der Waals surface area contributed by atoms with E-state index in [4.69, 9.17) is 11.6 Å². The maximum absolute atomic E-state index is 12.8. The number of hydrogen-bond donors (Lipinski definition) is 1. The van der Waals surface area contributed by atoms with Gasteiger partial charge < -0.3 is 4.98 Å². The number of rotatable bonds is 2. The lowest BCUT2D eigenvalue weighted by Crippen LogP contribution is -2.16. The van der Waals surface area contributed by atoms with E-state index < -0.39 is 0 Å². The Labute approximate surface area is 124 Å². The molecule has 1 heterocycles. The fourth-order valence-corrected chi connectivity index (χ4v) is 3.49. The van der Waals surface area contributed by atoms with Gasteiger partial charge >= 0.3 is 0 Å². The second-order valence-corrected chi connectivity index (χ2v) is 6.18. The van der Waals surface area contributed by atoms with Crippen LogP contribution in [0.1, 0.15) is 55.3 Å². The summed E-state index contributed by atoms with van der Waals surface area (Å²) in [6.45, 7) is 0. The minimum absolute atomic E-state index is 0.188. The molecule has 3 heteroatoms. The first-order valence-electron chi connectivity index (χ1n) is 7.57. The topological polar surface area (TPSA) is 32.9 Å². The number of para-hydroxylation sites is 1. The molecule has 3 rings (SSSR count). The monoisotopic (exact) mass is 289 g/mol. The molecule has 1 N–H and O–H groups in total. The van der Waals surface area contributed by atoms with E-state index in [1.165, 1.54) is 32.1 Å². The van der Waals surface area contributed by atoms with Crippen molar-refractivity contribution in [1.82, 2.24) is 4.98 Å². The molecule has 0 bridgehead atoms. The second-order valence-electron chi connectivity index (χ2n) is 5.77. The molecule has 0 aliphatic heterocycles. The zero-order valence-corrected chi connectivity index (χ0v) is 12.4. The first kappa shape index (κ1) is 13.7. The lowest BCUT2D eigenvalue weighted by Gasteiger charge is -2.18. The number of carbonyl (C=O) groups excluding carboxylic acids is 1. The molecule has 0 saturated heterocycles. The Morgan fingerprint density at radius 1 is 1.10 bits per heavy atom. The molecule has 1 aliphatic carbocycles. The zero-order valence-electron chi connectivity index (χ0n) is 11.6. The standard InChI is InChI=1S/C17H20ClNO/c18-15-10-6-9-13-14(11-19-16(13)15)17(20)12-7-4-2-1-3-5-8-12/h6,9-12,19H,1-5,7-8H2. The zero-order chi connectivity index (χ0) is 13.9. The third-order valence-electron chi connectivity index (χ3n) is 4.41. The minimum atomic E-state index is 0.188. The van der Waals surface area contributed by atoms with Crippen LogP contribution in [0.25, 0.3) is 10.9 Å². The largest absolute Gasteiger partial charge is 0.359 e. The lowest BCUT2D eigenvalue weighted by molar-refractivity contribution is 0.0900. The molecular weight excluding hydrogens is 270 g/mol. The van der Waals surface area contributed by atoms with Crippen LogP contribution in [-0.4, -0.2) is 10.8 Å². The Hall–Kier alpha value is -1.28. The quantitative estimate of drug-likeness (QED) is 0.741. The Morgan fingerprint density at radius 2 is 1.80 bits per heavy atom. The summed E-state index contributed by atoms with van der Waals surface area (Å²) < 4.78 is 0. The number of aromatic amines is 1. The molecule has 0 spiro atoms. The fourth-order valence-electron chi connectivity index (χ4n) is 3.26. The van der Waals surface area contributed by atoms with Gasteiger partial charge in [0, 0.05) is 23.1 Å². The Kier molecular flexibility index (Phi) is 4.11. The lowest BCUT2D eigenvalue weighted by atomic mass is 9.85. The summed E-state index contributed by atoms with van der Waals surface area (Å²) in [5.74, 6) is 0.480. The van der Waals surface area contributed by atoms with E-state index in [0.29, 0.717) is 10.8 Å². The predicted octanol–water partition coefficient (Wildman–Crippen LogP) is 5.36. The van der Waals surface area contributed by atoms with Crippen molar-refractivity contribution >= 4 is 28.3 Å². The van der Waals surface area contributed by atoms with E-state index in [1.807, 2.05) is 24.4 Å². The van der Waals surface area contributed by atoms with Crippen molar-refractivity contribution < 1.29 is 4.79 Å². The number of hydrogen-bond acceptors (Lipinski definition) is 1. The van der Waals surface area contributed by atoms with E-state index in [0.717, 1.165) is 29.3 Å². The maximum Gasteiger partial charge on any atom is 0.168 e. The van der Waals surface area contributed by atoms with E-state index >= 15 is 0 Å². The summed E-state index contributed by atoms with van der Waals surface area (Å²) in [5.41, 5.74) is 1.69. The highest BCUT2D eigenvalue weighted by atomic mass is 35.5. The summed E-state index contributed by atoms with van der Waals surface area (Å²) in [7, 11) is 0. The van der Waals surface area contributed by atoms with Gasteiger partial charge in [-0.1, -0.05) is 55.8 Å². The fraction of sp³-hybridized carbons (Fsp3) is 0.471. The molecule has 106 valence electrons. The van der Waals surface area contributed by atoms with Crippen molar-refractivity contribution in [3.63, 3.8) is 0 Å². The van der Waals surface area contributed by atoms with Gasteiger partial charge in [-0.2, -0.15) is 0 Å². The molecule has 1 aliphatic rings. The molecule has 0 unspecified atom stereocenters. The van der Waals surface area contributed by atoms with Crippen molar-refractivity contribution in [2.75, 3.05) is 0 Å². The summed E-state index contributed by atoms with van der Waals surface area (Å²) >= 11 is 6.17. The molecule has 1 saturated carbocycles. The van der Waals surface area contributed by atoms with Crippen LogP contribution in [0.3, 0.4) is 0 Å². The smallest absolute Gasteiger partial charge is 0.168 e. The molecule has 2 nitrogen and oxygen atoms in total. The van der Waals surface area contributed by atoms with Gasteiger partial charge in [0.05, 0.1) is 10.5 Å². The molecule has 1 fully saturated rings. The van der Waals surface area contributed by atoms with Crippen molar-refractivity contribution in [3.8, 4) is 0 Å².